The monoisotopic (exact) mass is 577 g/mol. The van der Waals surface area contributed by atoms with E-state index < -0.39 is 0 Å². The third kappa shape index (κ3) is 5.01. The topological polar surface area (TPSA) is 62.2 Å². The average molecular weight is 578 g/mol. The number of hydrogen-bond donors (Lipinski definition) is 0. The largest absolute Gasteiger partial charge is 0.436 e. The van der Waals surface area contributed by atoms with Gasteiger partial charge in [0.15, 0.2) is 5.58 Å². The summed E-state index contributed by atoms with van der Waals surface area (Å²) >= 11 is 0. The summed E-state index contributed by atoms with van der Waals surface area (Å²) in [5, 5.41) is 12.3. The summed E-state index contributed by atoms with van der Waals surface area (Å²) in [5.41, 5.74) is 11.9. The van der Waals surface area contributed by atoms with Crippen LogP contribution in [0, 0.1) is 11.3 Å². The lowest BCUT2D eigenvalue weighted by Gasteiger charge is -2.14. The van der Waals surface area contributed by atoms with Crippen LogP contribution < -0.4 is 0 Å². The Morgan fingerprint density at radius 2 is 1.24 bits per heavy atom. The van der Waals surface area contributed by atoms with Crippen LogP contribution in [0.2, 0.25) is 0 Å². The number of aliphatic imine (C=N–C) groups is 1. The van der Waals surface area contributed by atoms with E-state index in [1.807, 2.05) is 42.6 Å². The quantitative estimate of drug-likeness (QED) is 0.204. The number of oxazole rings is 1. The van der Waals surface area contributed by atoms with Crippen molar-refractivity contribution in [1.29, 1.82) is 5.26 Å². The second-order valence-electron chi connectivity index (χ2n) is 11.3. The van der Waals surface area contributed by atoms with Crippen LogP contribution in [0.25, 0.3) is 66.7 Å². The van der Waals surface area contributed by atoms with Crippen LogP contribution in [-0.2, 0) is 0 Å². The molecule has 6 aromatic carbocycles. The van der Waals surface area contributed by atoms with Crippen molar-refractivity contribution < 1.29 is 4.42 Å². The number of allylic oxidation sites excluding steroid dienone is 1. The molecule has 0 fully saturated rings. The van der Waals surface area contributed by atoms with Gasteiger partial charge in [0.1, 0.15) is 5.52 Å². The number of rotatable bonds is 5. The Balaban J connectivity index is 1.16. The molecule has 0 amide bonds. The van der Waals surface area contributed by atoms with Gasteiger partial charge in [0.25, 0.3) is 0 Å². The summed E-state index contributed by atoms with van der Waals surface area (Å²) in [6.45, 7) is 0. The molecule has 0 saturated carbocycles. The zero-order valence-electron chi connectivity index (χ0n) is 24.4. The maximum absolute atomic E-state index is 9.96. The maximum Gasteiger partial charge on any atom is 0.227 e. The standard InChI is InChI=1S/C41H27N3O/c42-26-27-23-32(28-12-16-30(17-13-28)38-9-5-6-22-43-38)25-33(24-27)35-21-20-34(36-7-1-2-8-37(35)36)29-14-18-31(19-15-29)41-44-39-10-3-4-11-40(39)45-41/h1-4,6-8,10-25H,5,9H2. The number of hydrogen-bond acceptors (Lipinski definition) is 4. The molecule has 212 valence electrons. The minimum absolute atomic E-state index is 0.616. The fourth-order valence-electron chi connectivity index (χ4n) is 6.18. The van der Waals surface area contributed by atoms with Crippen molar-refractivity contribution >= 4 is 27.6 Å². The predicted molar refractivity (Wildman–Crippen MR) is 183 cm³/mol. The smallest absolute Gasteiger partial charge is 0.227 e. The van der Waals surface area contributed by atoms with Gasteiger partial charge in [-0.05, 0) is 105 Å². The molecule has 1 aliphatic heterocycles. The molecule has 0 spiro atoms. The molecule has 1 aliphatic rings. The van der Waals surface area contributed by atoms with Crippen LogP contribution >= 0.6 is 0 Å². The lowest BCUT2D eigenvalue weighted by Crippen LogP contribution is -2.02. The first-order valence-electron chi connectivity index (χ1n) is 15.1. The summed E-state index contributed by atoms with van der Waals surface area (Å²) in [5.74, 6) is 0.616. The van der Waals surface area contributed by atoms with Crippen LogP contribution in [0.4, 0.5) is 0 Å². The van der Waals surface area contributed by atoms with Crippen molar-refractivity contribution in [3.63, 3.8) is 0 Å². The number of benzene rings is 6. The SMILES string of the molecule is N#Cc1cc(-c2ccc(C3=NC=CCC3)cc2)cc(-c2ccc(-c3ccc(-c4nc5ccccc5o4)cc3)c3ccccc23)c1. The van der Waals surface area contributed by atoms with Gasteiger partial charge in [-0.25, -0.2) is 4.98 Å². The third-order valence-corrected chi connectivity index (χ3v) is 8.47. The second kappa shape index (κ2) is 11.2. The van der Waals surface area contributed by atoms with E-state index in [2.05, 4.69) is 113 Å². The highest BCUT2D eigenvalue weighted by Gasteiger charge is 2.14. The molecule has 2 heterocycles. The van der Waals surface area contributed by atoms with E-state index in [0.717, 1.165) is 84.9 Å². The van der Waals surface area contributed by atoms with E-state index in [9.17, 15) is 5.26 Å². The molecule has 1 aromatic heterocycles. The van der Waals surface area contributed by atoms with Crippen LogP contribution in [0.5, 0.6) is 0 Å². The number of fused-ring (bicyclic) bond motifs is 2. The number of nitrogens with zero attached hydrogens (tertiary/aromatic N) is 3. The number of para-hydroxylation sites is 2. The van der Waals surface area contributed by atoms with E-state index >= 15 is 0 Å². The Hall–Kier alpha value is -6.05. The highest BCUT2D eigenvalue weighted by atomic mass is 16.3. The minimum Gasteiger partial charge on any atom is -0.436 e. The van der Waals surface area contributed by atoms with Crippen molar-refractivity contribution in [2.24, 2.45) is 4.99 Å². The van der Waals surface area contributed by atoms with Gasteiger partial charge in [0.05, 0.1) is 11.6 Å². The zero-order chi connectivity index (χ0) is 30.2. The molecule has 7 aromatic rings. The molecular weight excluding hydrogens is 550 g/mol. The van der Waals surface area contributed by atoms with Gasteiger partial charge in [-0.2, -0.15) is 5.26 Å². The molecule has 45 heavy (non-hydrogen) atoms. The third-order valence-electron chi connectivity index (χ3n) is 8.47. The van der Waals surface area contributed by atoms with Gasteiger partial charge in [0, 0.05) is 17.5 Å². The van der Waals surface area contributed by atoms with E-state index in [4.69, 9.17) is 4.42 Å². The zero-order valence-corrected chi connectivity index (χ0v) is 24.4. The van der Waals surface area contributed by atoms with Crippen molar-refractivity contribution in [3.8, 4) is 50.9 Å². The van der Waals surface area contributed by atoms with Gasteiger partial charge < -0.3 is 4.42 Å². The van der Waals surface area contributed by atoms with E-state index in [1.54, 1.807) is 0 Å². The second-order valence-corrected chi connectivity index (χ2v) is 11.3. The minimum atomic E-state index is 0.616. The van der Waals surface area contributed by atoms with Crippen LogP contribution in [0.15, 0.2) is 149 Å². The van der Waals surface area contributed by atoms with E-state index in [-0.39, 0.29) is 0 Å². The Labute approximate surface area is 261 Å². The maximum atomic E-state index is 9.96. The summed E-state index contributed by atoms with van der Waals surface area (Å²) in [4.78, 5) is 9.21. The summed E-state index contributed by atoms with van der Waals surface area (Å²) < 4.78 is 5.99. The van der Waals surface area contributed by atoms with E-state index in [0.29, 0.717) is 11.5 Å². The van der Waals surface area contributed by atoms with Gasteiger partial charge in [0.2, 0.25) is 5.89 Å². The first kappa shape index (κ1) is 26.6. The molecular formula is C41H27N3O. The Bertz CT molecular complexity index is 2280. The number of aromatic nitrogens is 1. The fraction of sp³-hybridized carbons (Fsp3) is 0.0488. The first-order chi connectivity index (χ1) is 22.2. The molecule has 0 N–H and O–H groups in total. The Kier molecular flexibility index (Phi) is 6.63. The molecule has 0 bridgehead atoms. The van der Waals surface area contributed by atoms with Crippen LogP contribution in [0.1, 0.15) is 24.0 Å². The van der Waals surface area contributed by atoms with E-state index in [1.165, 1.54) is 0 Å². The molecule has 0 aliphatic carbocycles. The normalized spacial score (nSPS) is 12.7. The average Bonchev–Trinajstić information content (AvgIpc) is 3.56. The van der Waals surface area contributed by atoms with Crippen LogP contribution in [-0.4, -0.2) is 10.7 Å². The van der Waals surface area contributed by atoms with Gasteiger partial charge in [-0.3, -0.25) is 4.99 Å². The molecule has 0 saturated heterocycles. The Morgan fingerprint density at radius 3 is 1.96 bits per heavy atom. The molecule has 8 rings (SSSR count). The van der Waals surface area contributed by atoms with Crippen molar-refractivity contribution in [2.75, 3.05) is 0 Å². The molecule has 0 radical (unpaired) electrons. The summed E-state index contributed by atoms with van der Waals surface area (Å²) in [6, 6.07) is 46.1. The molecule has 0 atom stereocenters. The summed E-state index contributed by atoms with van der Waals surface area (Å²) in [7, 11) is 0. The van der Waals surface area contributed by atoms with Gasteiger partial charge in [-0.15, -0.1) is 0 Å². The molecule has 4 nitrogen and oxygen atoms in total. The molecule has 0 unspecified atom stereocenters. The number of nitriles is 1. The van der Waals surface area contributed by atoms with Crippen LogP contribution in [0.3, 0.4) is 0 Å². The lowest BCUT2D eigenvalue weighted by molar-refractivity contribution is 0.620. The highest BCUT2D eigenvalue weighted by Crippen LogP contribution is 2.38. The van der Waals surface area contributed by atoms with Gasteiger partial charge >= 0.3 is 0 Å². The van der Waals surface area contributed by atoms with Crippen molar-refractivity contribution in [2.45, 2.75) is 12.8 Å². The predicted octanol–water partition coefficient (Wildman–Crippen LogP) is 10.6. The fourth-order valence-corrected chi connectivity index (χ4v) is 6.18. The highest BCUT2D eigenvalue weighted by molar-refractivity contribution is 6.05. The van der Waals surface area contributed by atoms with Crippen molar-refractivity contribution in [3.05, 3.63) is 151 Å². The first-order valence-corrected chi connectivity index (χ1v) is 15.1. The Morgan fingerprint density at radius 1 is 0.600 bits per heavy atom. The lowest BCUT2D eigenvalue weighted by atomic mass is 9.89. The summed E-state index contributed by atoms with van der Waals surface area (Å²) in [6.07, 6.45) is 5.96. The van der Waals surface area contributed by atoms with Crippen molar-refractivity contribution in [1.82, 2.24) is 4.98 Å². The molecule has 4 heteroatoms. The van der Waals surface area contributed by atoms with Gasteiger partial charge in [-0.1, -0.05) is 91.0 Å².